The van der Waals surface area contributed by atoms with E-state index in [4.69, 9.17) is 0 Å². The average molecular weight is 368 g/mol. The topological polar surface area (TPSA) is 76.4 Å². The Morgan fingerprint density at radius 2 is 1.74 bits per heavy atom. The molecular formula is C21H28N4O2. The van der Waals surface area contributed by atoms with Crippen molar-refractivity contribution in [1.82, 2.24) is 15.1 Å². The zero-order valence-corrected chi connectivity index (χ0v) is 16.0. The molecule has 3 rings (SSSR count). The monoisotopic (exact) mass is 368 g/mol. The highest BCUT2D eigenvalue weighted by Crippen LogP contribution is 2.28. The van der Waals surface area contributed by atoms with Gasteiger partial charge in [0.05, 0.1) is 12.6 Å². The van der Waals surface area contributed by atoms with Crippen molar-refractivity contribution in [3.8, 4) is 6.07 Å². The van der Waals surface area contributed by atoms with Crippen LogP contribution in [0.25, 0.3) is 0 Å². The number of nitriles is 1. The average Bonchev–Trinajstić information content (AvgIpc) is 3.17. The molecule has 144 valence electrons. The van der Waals surface area contributed by atoms with E-state index in [9.17, 15) is 14.9 Å². The molecule has 2 amide bonds. The first-order valence-corrected chi connectivity index (χ1v) is 9.88. The predicted octanol–water partition coefficient (Wildman–Crippen LogP) is 1.96. The Hall–Kier alpha value is -2.39. The van der Waals surface area contributed by atoms with Gasteiger partial charge in [0.15, 0.2) is 0 Å². The number of amides is 2. The number of hydrogen-bond donors (Lipinski definition) is 1. The third-order valence-corrected chi connectivity index (χ3v) is 5.69. The van der Waals surface area contributed by atoms with Crippen LogP contribution in [0.2, 0.25) is 0 Å². The molecule has 0 spiro atoms. The molecule has 1 aromatic carbocycles. The molecule has 1 N–H and O–H groups in total. The number of benzene rings is 1. The molecule has 1 aliphatic heterocycles. The predicted molar refractivity (Wildman–Crippen MR) is 103 cm³/mol. The van der Waals surface area contributed by atoms with Crippen molar-refractivity contribution in [1.29, 1.82) is 5.26 Å². The molecule has 0 unspecified atom stereocenters. The number of rotatable bonds is 5. The summed E-state index contributed by atoms with van der Waals surface area (Å²) in [5, 5.41) is 12.3. The van der Waals surface area contributed by atoms with Crippen LogP contribution in [0.5, 0.6) is 0 Å². The molecule has 0 radical (unpaired) electrons. The second kappa shape index (κ2) is 8.53. The third-order valence-electron chi connectivity index (χ3n) is 5.69. The largest absolute Gasteiger partial charge is 0.337 e. The Morgan fingerprint density at radius 1 is 1.11 bits per heavy atom. The van der Waals surface area contributed by atoms with Gasteiger partial charge in [0.1, 0.15) is 5.54 Å². The van der Waals surface area contributed by atoms with E-state index in [1.54, 1.807) is 0 Å². The Balaban J connectivity index is 1.47. The number of aryl methyl sites for hydroxylation is 1. The van der Waals surface area contributed by atoms with Crippen molar-refractivity contribution < 1.29 is 9.59 Å². The highest BCUT2D eigenvalue weighted by atomic mass is 16.2. The zero-order valence-electron chi connectivity index (χ0n) is 16.0. The summed E-state index contributed by atoms with van der Waals surface area (Å²) in [7, 11) is 0. The van der Waals surface area contributed by atoms with Gasteiger partial charge in [0.25, 0.3) is 5.91 Å². The minimum Gasteiger partial charge on any atom is -0.337 e. The van der Waals surface area contributed by atoms with Crippen LogP contribution in [0.15, 0.2) is 24.3 Å². The van der Waals surface area contributed by atoms with Crippen molar-refractivity contribution in [3.05, 3.63) is 35.4 Å². The third kappa shape index (κ3) is 4.67. The van der Waals surface area contributed by atoms with E-state index in [0.29, 0.717) is 26.2 Å². The molecule has 2 aliphatic rings. The molecular weight excluding hydrogens is 340 g/mol. The maximum absolute atomic E-state index is 12.6. The molecule has 1 aliphatic carbocycles. The van der Waals surface area contributed by atoms with Crippen LogP contribution in [0.3, 0.4) is 0 Å². The fourth-order valence-electron chi connectivity index (χ4n) is 3.93. The van der Waals surface area contributed by atoms with Crippen molar-refractivity contribution in [3.63, 3.8) is 0 Å². The van der Waals surface area contributed by atoms with E-state index in [-0.39, 0.29) is 18.4 Å². The Morgan fingerprint density at radius 3 is 2.30 bits per heavy atom. The highest BCUT2D eigenvalue weighted by molar-refractivity contribution is 5.94. The number of nitrogens with zero attached hydrogens (tertiary/aromatic N) is 3. The van der Waals surface area contributed by atoms with E-state index in [2.05, 4.69) is 23.2 Å². The van der Waals surface area contributed by atoms with E-state index >= 15 is 0 Å². The van der Waals surface area contributed by atoms with Gasteiger partial charge in [-0.15, -0.1) is 0 Å². The summed E-state index contributed by atoms with van der Waals surface area (Å²) in [4.78, 5) is 28.9. The summed E-state index contributed by atoms with van der Waals surface area (Å²) in [6, 6.07) is 10.1. The second-order valence-electron chi connectivity index (χ2n) is 7.57. The maximum atomic E-state index is 12.6. The van der Waals surface area contributed by atoms with Crippen LogP contribution in [-0.4, -0.2) is 59.9 Å². The SMILES string of the molecule is CCc1ccc(C(=O)N2CCN(CC(=O)NC3(C#N)CCCC3)CC2)cc1. The summed E-state index contributed by atoms with van der Waals surface area (Å²) >= 11 is 0. The molecule has 0 aromatic heterocycles. The quantitative estimate of drug-likeness (QED) is 0.862. The molecule has 0 bridgehead atoms. The Kier molecular flexibility index (Phi) is 6.12. The molecule has 1 saturated heterocycles. The molecule has 6 nitrogen and oxygen atoms in total. The van der Waals surface area contributed by atoms with Gasteiger partial charge in [0.2, 0.25) is 5.91 Å². The van der Waals surface area contributed by atoms with Crippen molar-refractivity contribution in [2.24, 2.45) is 0 Å². The van der Waals surface area contributed by atoms with Crippen molar-refractivity contribution >= 4 is 11.8 Å². The van der Waals surface area contributed by atoms with Gasteiger partial charge in [-0.25, -0.2) is 0 Å². The number of piperazine rings is 1. The smallest absolute Gasteiger partial charge is 0.253 e. The van der Waals surface area contributed by atoms with Crippen molar-refractivity contribution in [2.75, 3.05) is 32.7 Å². The fraction of sp³-hybridized carbons (Fsp3) is 0.571. The van der Waals surface area contributed by atoms with Crippen LogP contribution in [0.4, 0.5) is 0 Å². The summed E-state index contributed by atoms with van der Waals surface area (Å²) in [6.07, 6.45) is 4.44. The zero-order chi connectivity index (χ0) is 19.3. The van der Waals surface area contributed by atoms with Crippen molar-refractivity contribution in [2.45, 2.75) is 44.6 Å². The lowest BCUT2D eigenvalue weighted by molar-refractivity contribution is -0.123. The van der Waals surface area contributed by atoms with E-state index < -0.39 is 5.54 Å². The number of nitrogens with one attached hydrogen (secondary N) is 1. The lowest BCUT2D eigenvalue weighted by atomic mass is 10.00. The highest BCUT2D eigenvalue weighted by Gasteiger charge is 2.35. The summed E-state index contributed by atoms with van der Waals surface area (Å²) in [6.45, 7) is 4.96. The minimum atomic E-state index is -0.667. The Bertz CT molecular complexity index is 709. The lowest BCUT2D eigenvalue weighted by Crippen LogP contribution is -2.53. The van der Waals surface area contributed by atoms with Gasteiger partial charge < -0.3 is 10.2 Å². The summed E-state index contributed by atoms with van der Waals surface area (Å²) in [5.41, 5.74) is 1.27. The molecule has 27 heavy (non-hydrogen) atoms. The van der Waals surface area contributed by atoms with Gasteiger partial charge in [0, 0.05) is 31.7 Å². The van der Waals surface area contributed by atoms with Crippen LogP contribution < -0.4 is 5.32 Å². The van der Waals surface area contributed by atoms with Gasteiger partial charge in [-0.3, -0.25) is 14.5 Å². The fourth-order valence-corrected chi connectivity index (χ4v) is 3.93. The minimum absolute atomic E-state index is 0.0520. The standard InChI is InChI=1S/C21H28N4O2/c1-2-17-5-7-18(8-6-17)20(27)25-13-11-24(12-14-25)15-19(26)23-21(16-22)9-3-4-10-21/h5-8H,2-4,9-15H2,1H3,(H,23,26). The lowest BCUT2D eigenvalue weighted by Gasteiger charge is -2.35. The molecule has 1 aromatic rings. The van der Waals surface area contributed by atoms with Crippen LogP contribution in [0.1, 0.15) is 48.5 Å². The molecule has 1 heterocycles. The first-order chi connectivity index (χ1) is 13.0. The molecule has 6 heteroatoms. The molecule has 0 atom stereocenters. The Labute approximate surface area is 161 Å². The van der Waals surface area contributed by atoms with Crippen LogP contribution >= 0.6 is 0 Å². The maximum Gasteiger partial charge on any atom is 0.253 e. The first-order valence-electron chi connectivity index (χ1n) is 9.88. The second-order valence-corrected chi connectivity index (χ2v) is 7.57. The van der Waals surface area contributed by atoms with Crippen LogP contribution in [-0.2, 0) is 11.2 Å². The van der Waals surface area contributed by atoms with E-state index in [1.807, 2.05) is 29.2 Å². The number of carbonyl (C=O) groups excluding carboxylic acids is 2. The molecule has 2 fully saturated rings. The van der Waals surface area contributed by atoms with Gasteiger partial charge >= 0.3 is 0 Å². The first kappa shape index (κ1) is 19.4. The van der Waals surface area contributed by atoms with E-state index in [0.717, 1.165) is 37.7 Å². The van der Waals surface area contributed by atoms with E-state index in [1.165, 1.54) is 5.56 Å². The van der Waals surface area contributed by atoms with Gasteiger partial charge in [-0.2, -0.15) is 5.26 Å². The van der Waals surface area contributed by atoms with Gasteiger partial charge in [-0.05, 0) is 49.8 Å². The summed E-state index contributed by atoms with van der Waals surface area (Å²) in [5.74, 6) is -0.0375. The molecule has 1 saturated carbocycles. The normalized spacial score (nSPS) is 19.5. The number of carbonyl (C=O) groups is 2. The van der Waals surface area contributed by atoms with Gasteiger partial charge in [-0.1, -0.05) is 19.1 Å². The number of hydrogen-bond acceptors (Lipinski definition) is 4. The van der Waals surface area contributed by atoms with Crippen LogP contribution in [0, 0.1) is 11.3 Å². The summed E-state index contributed by atoms with van der Waals surface area (Å²) < 4.78 is 0.